The summed E-state index contributed by atoms with van der Waals surface area (Å²) in [7, 11) is 1.84. The smallest absolute Gasteiger partial charge is 0.267 e. The molecule has 0 saturated carbocycles. The fourth-order valence-electron chi connectivity index (χ4n) is 1.98. The van der Waals surface area contributed by atoms with Crippen molar-refractivity contribution < 1.29 is 4.79 Å². The van der Waals surface area contributed by atoms with Crippen molar-refractivity contribution in [2.75, 3.05) is 13.1 Å². The number of amides is 1. The van der Waals surface area contributed by atoms with E-state index in [0.29, 0.717) is 23.8 Å². The van der Waals surface area contributed by atoms with Crippen molar-refractivity contribution in [3.63, 3.8) is 0 Å². The number of para-hydroxylation sites is 1. The highest BCUT2D eigenvalue weighted by molar-refractivity contribution is 6.35. The van der Waals surface area contributed by atoms with Crippen molar-refractivity contribution in [1.29, 1.82) is 0 Å². The van der Waals surface area contributed by atoms with Gasteiger partial charge in [-0.05, 0) is 25.1 Å². The minimum absolute atomic E-state index is 0.0989. The van der Waals surface area contributed by atoms with E-state index in [0.717, 1.165) is 17.3 Å². The summed E-state index contributed by atoms with van der Waals surface area (Å²) in [4.78, 5) is 12.0. The van der Waals surface area contributed by atoms with E-state index in [2.05, 4.69) is 5.32 Å². The SMILES string of the molecule is Cn1c(C(=O)NCCCN)cc2cccc(Cl)c21. The zero-order chi connectivity index (χ0) is 13.1. The second-order valence-corrected chi connectivity index (χ2v) is 4.57. The number of rotatable bonds is 4. The molecule has 1 aromatic carbocycles. The predicted molar refractivity (Wildman–Crippen MR) is 73.9 cm³/mol. The lowest BCUT2D eigenvalue weighted by atomic mass is 10.2. The number of nitrogens with zero attached hydrogens (tertiary/aromatic N) is 1. The van der Waals surface area contributed by atoms with Crippen molar-refractivity contribution >= 4 is 28.4 Å². The number of aryl methyl sites for hydroxylation is 1. The first kappa shape index (κ1) is 12.9. The molecule has 0 saturated heterocycles. The molecule has 2 rings (SSSR count). The Morgan fingerprint density at radius 3 is 2.94 bits per heavy atom. The van der Waals surface area contributed by atoms with Crippen LogP contribution in [0.1, 0.15) is 16.9 Å². The van der Waals surface area contributed by atoms with E-state index >= 15 is 0 Å². The quantitative estimate of drug-likeness (QED) is 0.830. The summed E-state index contributed by atoms with van der Waals surface area (Å²) < 4.78 is 1.81. The van der Waals surface area contributed by atoms with Gasteiger partial charge < -0.3 is 15.6 Å². The van der Waals surface area contributed by atoms with Crippen molar-refractivity contribution in [1.82, 2.24) is 9.88 Å². The van der Waals surface area contributed by atoms with Crippen molar-refractivity contribution in [2.45, 2.75) is 6.42 Å². The molecular formula is C13H16ClN3O. The van der Waals surface area contributed by atoms with Crippen LogP contribution in [0.2, 0.25) is 5.02 Å². The van der Waals surface area contributed by atoms with Crippen molar-refractivity contribution in [2.24, 2.45) is 12.8 Å². The number of halogens is 1. The molecular weight excluding hydrogens is 250 g/mol. The van der Waals surface area contributed by atoms with Gasteiger partial charge in [0.25, 0.3) is 5.91 Å². The Hall–Kier alpha value is -1.52. The molecule has 5 heteroatoms. The van der Waals surface area contributed by atoms with Crippen LogP contribution in [0.15, 0.2) is 24.3 Å². The molecule has 1 aromatic heterocycles. The number of nitrogens with two attached hydrogens (primary N) is 1. The monoisotopic (exact) mass is 265 g/mol. The van der Waals surface area contributed by atoms with E-state index in [1.807, 2.05) is 35.9 Å². The number of hydrogen-bond donors (Lipinski definition) is 2. The molecule has 18 heavy (non-hydrogen) atoms. The Morgan fingerprint density at radius 2 is 2.28 bits per heavy atom. The van der Waals surface area contributed by atoms with E-state index in [4.69, 9.17) is 17.3 Å². The average Bonchev–Trinajstić information content (AvgIpc) is 2.68. The van der Waals surface area contributed by atoms with E-state index in [9.17, 15) is 4.79 Å². The maximum Gasteiger partial charge on any atom is 0.267 e. The number of aromatic nitrogens is 1. The molecule has 4 nitrogen and oxygen atoms in total. The molecule has 0 radical (unpaired) electrons. The lowest BCUT2D eigenvalue weighted by Crippen LogP contribution is -2.27. The highest BCUT2D eigenvalue weighted by Gasteiger charge is 2.14. The van der Waals surface area contributed by atoms with Gasteiger partial charge in [0.1, 0.15) is 5.69 Å². The minimum atomic E-state index is -0.0989. The number of fused-ring (bicyclic) bond motifs is 1. The summed E-state index contributed by atoms with van der Waals surface area (Å²) in [5.74, 6) is -0.0989. The second-order valence-electron chi connectivity index (χ2n) is 4.16. The zero-order valence-corrected chi connectivity index (χ0v) is 11.0. The number of hydrogen-bond acceptors (Lipinski definition) is 2. The summed E-state index contributed by atoms with van der Waals surface area (Å²) in [5, 5.41) is 4.45. The van der Waals surface area contributed by atoms with Crippen LogP contribution in [-0.2, 0) is 7.05 Å². The van der Waals surface area contributed by atoms with E-state index in [1.165, 1.54) is 0 Å². The van der Waals surface area contributed by atoms with Crippen LogP contribution in [0, 0.1) is 0 Å². The first-order valence-electron chi connectivity index (χ1n) is 5.87. The Kier molecular flexibility index (Phi) is 3.89. The van der Waals surface area contributed by atoms with Crippen molar-refractivity contribution in [3.8, 4) is 0 Å². The Balaban J connectivity index is 2.31. The third-order valence-electron chi connectivity index (χ3n) is 2.91. The molecule has 0 spiro atoms. The highest BCUT2D eigenvalue weighted by Crippen LogP contribution is 2.25. The van der Waals surface area contributed by atoms with Gasteiger partial charge in [0.2, 0.25) is 0 Å². The standard InChI is InChI=1S/C13H16ClN3O/c1-17-11(13(18)16-7-3-6-15)8-9-4-2-5-10(14)12(9)17/h2,4-5,8H,3,6-7,15H2,1H3,(H,16,18). The van der Waals surface area contributed by atoms with Crippen LogP contribution in [0.5, 0.6) is 0 Å². The van der Waals surface area contributed by atoms with Gasteiger partial charge in [-0.2, -0.15) is 0 Å². The fraction of sp³-hybridized carbons (Fsp3) is 0.308. The van der Waals surface area contributed by atoms with Gasteiger partial charge in [0.05, 0.1) is 10.5 Å². The summed E-state index contributed by atoms with van der Waals surface area (Å²) in [5.41, 5.74) is 6.88. The molecule has 2 aromatic rings. The van der Waals surface area contributed by atoms with Gasteiger partial charge in [-0.1, -0.05) is 23.7 Å². The third-order valence-corrected chi connectivity index (χ3v) is 3.21. The largest absolute Gasteiger partial charge is 0.351 e. The normalized spacial score (nSPS) is 10.8. The molecule has 96 valence electrons. The topological polar surface area (TPSA) is 60.0 Å². The molecule has 1 amide bonds. The van der Waals surface area contributed by atoms with Crippen LogP contribution in [-0.4, -0.2) is 23.6 Å². The minimum Gasteiger partial charge on any atom is -0.351 e. The van der Waals surface area contributed by atoms with Gasteiger partial charge in [-0.15, -0.1) is 0 Å². The molecule has 0 aliphatic heterocycles. The van der Waals surface area contributed by atoms with Crippen LogP contribution >= 0.6 is 11.6 Å². The van der Waals surface area contributed by atoms with Crippen LogP contribution < -0.4 is 11.1 Å². The third kappa shape index (κ3) is 2.35. The number of carbonyl (C=O) groups excluding carboxylic acids is 1. The second kappa shape index (κ2) is 5.42. The van der Waals surface area contributed by atoms with Gasteiger partial charge in [0.15, 0.2) is 0 Å². The summed E-state index contributed by atoms with van der Waals surface area (Å²) >= 11 is 6.14. The fourth-order valence-corrected chi connectivity index (χ4v) is 2.29. The van der Waals surface area contributed by atoms with Gasteiger partial charge in [-0.25, -0.2) is 0 Å². The average molecular weight is 266 g/mol. The zero-order valence-electron chi connectivity index (χ0n) is 10.2. The lowest BCUT2D eigenvalue weighted by molar-refractivity contribution is 0.0946. The Morgan fingerprint density at radius 1 is 1.50 bits per heavy atom. The first-order valence-corrected chi connectivity index (χ1v) is 6.25. The molecule has 3 N–H and O–H groups in total. The van der Waals surface area contributed by atoms with Crippen LogP contribution in [0.25, 0.3) is 10.9 Å². The number of nitrogens with one attached hydrogen (secondary N) is 1. The van der Waals surface area contributed by atoms with Crippen LogP contribution in [0.4, 0.5) is 0 Å². The maximum absolute atomic E-state index is 12.0. The maximum atomic E-state index is 12.0. The first-order chi connectivity index (χ1) is 8.65. The molecule has 0 aliphatic carbocycles. The lowest BCUT2D eigenvalue weighted by Gasteiger charge is -2.06. The predicted octanol–water partition coefficient (Wildman–Crippen LogP) is 1.91. The Labute approximate surface area is 111 Å². The number of benzene rings is 1. The molecule has 0 aliphatic rings. The van der Waals surface area contributed by atoms with Gasteiger partial charge >= 0.3 is 0 Å². The van der Waals surface area contributed by atoms with Crippen molar-refractivity contribution in [3.05, 3.63) is 35.0 Å². The highest BCUT2D eigenvalue weighted by atomic mass is 35.5. The molecule has 0 unspecified atom stereocenters. The van der Waals surface area contributed by atoms with E-state index < -0.39 is 0 Å². The van der Waals surface area contributed by atoms with Gasteiger partial charge in [-0.3, -0.25) is 4.79 Å². The number of carbonyl (C=O) groups is 1. The molecule has 0 bridgehead atoms. The summed E-state index contributed by atoms with van der Waals surface area (Å²) in [6.07, 6.45) is 0.774. The Bertz CT molecular complexity index is 577. The van der Waals surface area contributed by atoms with E-state index in [1.54, 1.807) is 0 Å². The molecule has 0 fully saturated rings. The van der Waals surface area contributed by atoms with E-state index in [-0.39, 0.29) is 5.91 Å². The molecule has 0 atom stereocenters. The summed E-state index contributed by atoms with van der Waals surface area (Å²) in [6, 6.07) is 7.48. The van der Waals surface area contributed by atoms with Gasteiger partial charge in [0, 0.05) is 19.0 Å². The molecule has 1 heterocycles. The summed E-state index contributed by atoms with van der Waals surface area (Å²) in [6.45, 7) is 1.16. The van der Waals surface area contributed by atoms with Crippen LogP contribution in [0.3, 0.4) is 0 Å².